The van der Waals surface area contributed by atoms with Gasteiger partial charge in [-0.05, 0) is 41.0 Å². The van der Waals surface area contributed by atoms with Crippen molar-refractivity contribution in [2.75, 3.05) is 19.9 Å². The number of hydrogen-bond donors (Lipinski definition) is 1. The average molecular weight is 423 g/mol. The van der Waals surface area contributed by atoms with Crippen LogP contribution >= 0.6 is 0 Å². The quantitative estimate of drug-likeness (QED) is 0.531. The maximum absolute atomic E-state index is 13.3. The van der Waals surface area contributed by atoms with E-state index < -0.39 is 6.10 Å². The lowest BCUT2D eigenvalue weighted by atomic mass is 10.1. The first-order valence-electron chi connectivity index (χ1n) is 10.3. The summed E-state index contributed by atoms with van der Waals surface area (Å²) in [7, 11) is 0. The number of ether oxygens (including phenoxy) is 3. The van der Waals surface area contributed by atoms with Crippen LogP contribution in [-0.4, -0.2) is 36.1 Å². The molecule has 0 spiro atoms. The lowest BCUT2D eigenvalue weighted by Crippen LogP contribution is -2.34. The highest BCUT2D eigenvalue weighted by Crippen LogP contribution is 2.33. The maximum Gasteiger partial charge on any atom is 0.231 e. The second-order valence-corrected chi connectivity index (χ2v) is 7.64. The molecule has 3 aromatic carbocycles. The zero-order valence-corrected chi connectivity index (χ0v) is 17.2. The van der Waals surface area contributed by atoms with Crippen molar-refractivity contribution < 1.29 is 23.7 Å². The lowest BCUT2D eigenvalue weighted by molar-refractivity contribution is 0.00712. The number of hydrogen-bond acceptors (Lipinski definition) is 5. The smallest absolute Gasteiger partial charge is 0.231 e. The lowest BCUT2D eigenvalue weighted by Gasteiger charge is -2.25. The Morgan fingerprint density at radius 1 is 0.871 bits per heavy atom. The molecule has 0 amide bonds. The summed E-state index contributed by atoms with van der Waals surface area (Å²) >= 11 is 0. The first kappa shape index (κ1) is 21.3. The summed E-state index contributed by atoms with van der Waals surface area (Å²) in [5, 5.41) is 10.6. The van der Waals surface area contributed by atoms with Gasteiger partial charge in [0.05, 0.1) is 19.3 Å². The van der Waals surface area contributed by atoms with Gasteiger partial charge < -0.3 is 19.3 Å². The van der Waals surface area contributed by atoms with Crippen LogP contribution in [0.5, 0.6) is 11.5 Å². The van der Waals surface area contributed by atoms with Crippen molar-refractivity contribution in [1.82, 2.24) is 4.90 Å². The summed E-state index contributed by atoms with van der Waals surface area (Å²) in [6, 6.07) is 22.1. The Hall–Kier alpha value is -2.93. The van der Waals surface area contributed by atoms with Gasteiger partial charge in [-0.3, -0.25) is 4.90 Å². The molecular weight excluding hydrogens is 397 g/mol. The van der Waals surface area contributed by atoms with Crippen molar-refractivity contribution in [2.45, 2.75) is 25.8 Å². The summed E-state index contributed by atoms with van der Waals surface area (Å²) < 4.78 is 29.8. The largest absolute Gasteiger partial charge is 0.454 e. The van der Waals surface area contributed by atoms with Crippen LogP contribution in [0.1, 0.15) is 16.7 Å². The Balaban J connectivity index is 1.38. The molecule has 0 unspecified atom stereocenters. The van der Waals surface area contributed by atoms with Crippen LogP contribution < -0.4 is 9.47 Å². The highest BCUT2D eigenvalue weighted by Gasteiger charge is 2.17. The Morgan fingerprint density at radius 3 is 2.39 bits per heavy atom. The minimum Gasteiger partial charge on any atom is -0.454 e. The van der Waals surface area contributed by atoms with Crippen molar-refractivity contribution in [1.29, 1.82) is 0 Å². The normalized spacial score (nSPS) is 13.5. The van der Waals surface area contributed by atoms with E-state index in [-0.39, 0.29) is 19.2 Å². The summed E-state index contributed by atoms with van der Waals surface area (Å²) in [4.78, 5) is 2.11. The van der Waals surface area contributed by atoms with Crippen molar-refractivity contribution in [3.63, 3.8) is 0 Å². The first-order valence-corrected chi connectivity index (χ1v) is 10.3. The number of aliphatic hydroxyl groups excluding tert-OH is 1. The highest BCUT2D eigenvalue weighted by molar-refractivity contribution is 5.44. The van der Waals surface area contributed by atoms with Gasteiger partial charge >= 0.3 is 0 Å². The molecule has 6 heteroatoms. The molecule has 0 fully saturated rings. The molecule has 162 valence electrons. The zero-order valence-electron chi connectivity index (χ0n) is 17.2. The fourth-order valence-corrected chi connectivity index (χ4v) is 3.57. The Morgan fingerprint density at radius 2 is 1.58 bits per heavy atom. The number of nitrogens with zero attached hydrogens (tertiary/aromatic N) is 1. The molecule has 0 radical (unpaired) electrons. The minimum atomic E-state index is -0.654. The number of benzene rings is 3. The summed E-state index contributed by atoms with van der Waals surface area (Å²) in [5.41, 5.74) is 3.08. The number of fused-ring (bicyclic) bond motifs is 1. The predicted octanol–water partition coefficient (Wildman–Crippen LogP) is 4.13. The molecule has 4 rings (SSSR count). The molecule has 31 heavy (non-hydrogen) atoms. The SMILES string of the molecule is O[C@H](COCc1ccccc1)CN(Cc1ccc(F)cc1)Cc1ccc2c(c1)OCO2. The van der Waals surface area contributed by atoms with Gasteiger partial charge in [0.1, 0.15) is 5.82 Å². The Kier molecular flexibility index (Phi) is 7.14. The summed E-state index contributed by atoms with van der Waals surface area (Å²) in [6.07, 6.45) is -0.654. The number of rotatable bonds is 10. The molecule has 1 aliphatic rings. The van der Waals surface area contributed by atoms with E-state index in [2.05, 4.69) is 4.90 Å². The summed E-state index contributed by atoms with van der Waals surface area (Å²) in [5.74, 6) is 1.20. The van der Waals surface area contributed by atoms with Crippen LogP contribution in [0.2, 0.25) is 0 Å². The topological polar surface area (TPSA) is 51.2 Å². The van der Waals surface area contributed by atoms with E-state index >= 15 is 0 Å². The van der Waals surface area contributed by atoms with E-state index in [1.54, 1.807) is 12.1 Å². The molecule has 5 nitrogen and oxygen atoms in total. The Bertz CT molecular complexity index is 965. The van der Waals surface area contributed by atoms with Gasteiger partial charge in [-0.15, -0.1) is 0 Å². The maximum atomic E-state index is 13.3. The molecule has 0 aliphatic carbocycles. The fourth-order valence-electron chi connectivity index (χ4n) is 3.57. The molecule has 1 aliphatic heterocycles. The van der Waals surface area contributed by atoms with Crippen LogP contribution in [0.25, 0.3) is 0 Å². The fraction of sp³-hybridized carbons (Fsp3) is 0.280. The third kappa shape index (κ3) is 6.28. The predicted molar refractivity (Wildman–Crippen MR) is 115 cm³/mol. The molecule has 0 bridgehead atoms. The van der Waals surface area contributed by atoms with Gasteiger partial charge in [-0.2, -0.15) is 0 Å². The monoisotopic (exact) mass is 423 g/mol. The van der Waals surface area contributed by atoms with Crippen LogP contribution in [0, 0.1) is 5.82 Å². The zero-order chi connectivity index (χ0) is 21.5. The third-order valence-corrected chi connectivity index (χ3v) is 5.05. The number of halogens is 1. The van der Waals surface area contributed by atoms with E-state index in [0.29, 0.717) is 26.2 Å². The van der Waals surface area contributed by atoms with E-state index in [0.717, 1.165) is 28.2 Å². The van der Waals surface area contributed by atoms with Gasteiger partial charge in [0.2, 0.25) is 6.79 Å². The molecule has 0 aromatic heterocycles. The second-order valence-electron chi connectivity index (χ2n) is 7.64. The van der Waals surface area contributed by atoms with Gasteiger partial charge in [0, 0.05) is 19.6 Å². The molecular formula is C25H26FNO4. The summed E-state index contributed by atoms with van der Waals surface area (Å²) in [6.45, 7) is 2.51. The molecule has 0 saturated carbocycles. The third-order valence-electron chi connectivity index (χ3n) is 5.05. The van der Waals surface area contributed by atoms with Crippen LogP contribution in [0.3, 0.4) is 0 Å². The van der Waals surface area contributed by atoms with Crippen LogP contribution in [-0.2, 0) is 24.4 Å². The van der Waals surface area contributed by atoms with Crippen LogP contribution in [0.15, 0.2) is 72.8 Å². The van der Waals surface area contributed by atoms with Gasteiger partial charge in [-0.25, -0.2) is 4.39 Å². The first-order chi connectivity index (χ1) is 15.2. The minimum absolute atomic E-state index is 0.232. The molecule has 1 heterocycles. The van der Waals surface area contributed by atoms with Crippen molar-refractivity contribution in [2.24, 2.45) is 0 Å². The molecule has 3 aromatic rings. The van der Waals surface area contributed by atoms with Gasteiger partial charge in [0.15, 0.2) is 11.5 Å². The second kappa shape index (κ2) is 10.4. The van der Waals surface area contributed by atoms with E-state index in [1.807, 2.05) is 48.5 Å². The molecule has 1 atom stereocenters. The van der Waals surface area contributed by atoms with Crippen molar-refractivity contribution in [3.8, 4) is 11.5 Å². The van der Waals surface area contributed by atoms with E-state index in [1.165, 1.54) is 12.1 Å². The van der Waals surface area contributed by atoms with Crippen molar-refractivity contribution >= 4 is 0 Å². The Labute approximate surface area is 181 Å². The van der Waals surface area contributed by atoms with Gasteiger partial charge in [0.25, 0.3) is 0 Å². The van der Waals surface area contributed by atoms with Crippen molar-refractivity contribution in [3.05, 3.63) is 95.3 Å². The number of aliphatic hydroxyl groups is 1. The molecule has 1 N–H and O–H groups in total. The van der Waals surface area contributed by atoms with Crippen LogP contribution in [0.4, 0.5) is 4.39 Å². The standard InChI is InChI=1S/C25H26FNO4/c26-22-9-6-19(7-10-22)13-27(14-21-8-11-24-25(12-21)31-18-30-24)15-23(28)17-29-16-20-4-2-1-3-5-20/h1-12,23,28H,13-18H2/t23-/m0/s1. The van der Waals surface area contributed by atoms with E-state index in [4.69, 9.17) is 14.2 Å². The van der Waals surface area contributed by atoms with E-state index in [9.17, 15) is 9.50 Å². The average Bonchev–Trinajstić information content (AvgIpc) is 3.24. The highest BCUT2D eigenvalue weighted by atomic mass is 19.1. The van der Waals surface area contributed by atoms with Gasteiger partial charge in [-0.1, -0.05) is 48.5 Å². The molecule has 0 saturated heterocycles.